The largest absolute Gasteiger partial charge is 0.495 e. The first kappa shape index (κ1) is 49.0. The molecule has 57 heavy (non-hydrogen) atoms. The fraction of sp³-hybridized carbons (Fsp3) is 0.364. The van der Waals surface area contributed by atoms with Gasteiger partial charge >= 0.3 is 35.0 Å². The van der Waals surface area contributed by atoms with Crippen molar-refractivity contribution in [1.82, 2.24) is 0 Å². The molecule has 3 aromatic rings. The van der Waals surface area contributed by atoms with E-state index in [0.717, 1.165) is 18.2 Å². The molecule has 3 aromatic carbocycles. The second-order valence-corrected chi connectivity index (χ2v) is 12.8. The Bertz CT molecular complexity index is 1960. The summed E-state index contributed by atoms with van der Waals surface area (Å²) < 4.78 is 39.2. The van der Waals surface area contributed by atoms with Gasteiger partial charge in [-0.2, -0.15) is 0 Å². The molecule has 0 aromatic heterocycles. The number of nitrogens with zero attached hydrogens (tertiary/aromatic N) is 3. The third-order valence-electron chi connectivity index (χ3n) is 6.66. The molecule has 312 valence electrons. The Kier molecular flexibility index (Phi) is 19.3. The summed E-state index contributed by atoms with van der Waals surface area (Å²) in [5, 5.41) is 41.1. The molecule has 0 saturated carbocycles. The van der Waals surface area contributed by atoms with Crippen LogP contribution >= 0.6 is 34.8 Å². The van der Waals surface area contributed by atoms with E-state index in [-0.39, 0.29) is 67.5 Å². The van der Waals surface area contributed by atoms with Gasteiger partial charge in [-0.15, -0.1) is 0 Å². The van der Waals surface area contributed by atoms with Gasteiger partial charge in [-0.25, -0.2) is 14.4 Å². The molecule has 0 radical (unpaired) electrons. The van der Waals surface area contributed by atoms with Crippen LogP contribution in [0, 0.1) is 35.8 Å². The molecular weight excluding hydrogens is 833 g/mol. The van der Waals surface area contributed by atoms with Crippen LogP contribution in [0.5, 0.6) is 34.5 Å². The number of carboxylic acids is 1. The van der Waals surface area contributed by atoms with Crippen LogP contribution < -0.4 is 28.4 Å². The van der Waals surface area contributed by atoms with Gasteiger partial charge in [0.2, 0.25) is 23.4 Å². The highest BCUT2D eigenvalue weighted by atomic mass is 35.5. The first-order valence-electron chi connectivity index (χ1n) is 15.4. The van der Waals surface area contributed by atoms with Crippen LogP contribution in [0.4, 0.5) is 17.1 Å². The number of aliphatic carboxylic acids is 1. The number of nitro benzene ring substituents is 3. The van der Waals surface area contributed by atoms with Gasteiger partial charge in [0.1, 0.15) is 17.2 Å². The van der Waals surface area contributed by atoms with E-state index in [2.05, 4.69) is 4.74 Å². The minimum Gasteiger partial charge on any atom is -0.495 e. The highest BCUT2D eigenvalue weighted by Crippen LogP contribution is 2.40. The number of esters is 2. The first-order chi connectivity index (χ1) is 26.6. The maximum absolute atomic E-state index is 11.9. The number of methoxy groups -OCH3 is 5. The van der Waals surface area contributed by atoms with E-state index in [1.807, 2.05) is 0 Å². The quantitative estimate of drug-likeness (QED) is 0.0939. The predicted octanol–water partition coefficient (Wildman–Crippen LogP) is 6.75. The second-order valence-electron chi connectivity index (χ2n) is 11.6. The monoisotopic (exact) mass is 867 g/mol. The molecule has 0 bridgehead atoms. The lowest BCUT2D eigenvalue weighted by atomic mass is 9.89. The first-order valence-corrected chi connectivity index (χ1v) is 16.5. The van der Waals surface area contributed by atoms with E-state index in [1.54, 1.807) is 20.8 Å². The number of hydrogen-bond donors (Lipinski definition) is 1. The maximum Gasteiger partial charge on any atom is 0.347 e. The lowest BCUT2D eigenvalue weighted by Crippen LogP contribution is -2.40. The summed E-state index contributed by atoms with van der Waals surface area (Å²) in [6, 6.07) is 6.94. The lowest BCUT2D eigenvalue weighted by molar-refractivity contribution is -0.386. The SMILES string of the molecule is COC(=O)C(Oc1cc(OC)c(Cl)cc1[N+](=O)[O-])C(C)(C)C.COC(=O)COc1cc(OC)c([N+](=O)[O-])cc1Cl.COc1cc(OCC(=O)O)c([N+](=O)[O-])cc1Cl. The van der Waals surface area contributed by atoms with Crippen molar-refractivity contribution in [3.8, 4) is 34.5 Å². The molecule has 21 nitrogen and oxygen atoms in total. The van der Waals surface area contributed by atoms with Crippen LogP contribution in [0.25, 0.3) is 0 Å². The smallest absolute Gasteiger partial charge is 0.347 e. The summed E-state index contributed by atoms with van der Waals surface area (Å²) in [5.74, 6) is -2.33. The van der Waals surface area contributed by atoms with Gasteiger partial charge in [0.25, 0.3) is 0 Å². The van der Waals surface area contributed by atoms with Crippen molar-refractivity contribution in [3.63, 3.8) is 0 Å². The van der Waals surface area contributed by atoms with Crippen LogP contribution in [0.2, 0.25) is 15.1 Å². The number of rotatable bonds is 15. The molecule has 0 spiro atoms. The van der Waals surface area contributed by atoms with Gasteiger partial charge in [-0.1, -0.05) is 55.6 Å². The van der Waals surface area contributed by atoms with E-state index in [0.29, 0.717) is 0 Å². The van der Waals surface area contributed by atoms with Gasteiger partial charge in [0.05, 0.1) is 65.4 Å². The van der Waals surface area contributed by atoms with Crippen LogP contribution in [0.3, 0.4) is 0 Å². The third kappa shape index (κ3) is 14.8. The highest BCUT2D eigenvalue weighted by molar-refractivity contribution is 6.33. The molecule has 24 heteroatoms. The number of hydrogen-bond acceptors (Lipinski definition) is 17. The number of carbonyl (C=O) groups excluding carboxylic acids is 2. The Hall–Kier alpha value is -6.06. The van der Waals surface area contributed by atoms with Gasteiger partial charge < -0.3 is 43.0 Å². The summed E-state index contributed by atoms with van der Waals surface area (Å²) in [5.41, 5.74) is -1.69. The number of nitro groups is 3. The molecule has 0 saturated heterocycles. The molecule has 0 heterocycles. The molecule has 3 rings (SSSR count). The summed E-state index contributed by atoms with van der Waals surface area (Å²) in [7, 11) is 6.41. The Morgan fingerprint density at radius 2 is 1.00 bits per heavy atom. The second kappa shape index (κ2) is 22.5. The highest BCUT2D eigenvalue weighted by Gasteiger charge is 2.36. The predicted molar refractivity (Wildman–Crippen MR) is 201 cm³/mol. The molecule has 0 aliphatic heterocycles. The third-order valence-corrected chi connectivity index (χ3v) is 7.55. The standard InChI is InChI=1S/C14H18ClNO6.C10H10ClNO6.C9H8ClNO6/c1-14(2,3)12(13(17)21-5)22-11-7-10(20-4)8(15)6-9(11)16(18)19;1-16-9-4-8(18-5-10(13)17-2)6(11)3-7(9)12(14)15;1-16-7-3-8(17-4-9(12)13)6(11(14)15)2-5(7)10/h6-7,12H,1-5H3;3-4H,5H2,1-2H3;2-3H,4H2,1H3,(H,12,13). The van der Waals surface area contributed by atoms with Gasteiger partial charge in [0.15, 0.2) is 13.2 Å². The number of ether oxygens (including phenoxy) is 8. The van der Waals surface area contributed by atoms with Crippen molar-refractivity contribution < 1.29 is 72.2 Å². The topological polar surface area (TPSA) is 275 Å². The van der Waals surface area contributed by atoms with E-state index >= 15 is 0 Å². The summed E-state index contributed by atoms with van der Waals surface area (Å²) in [4.78, 5) is 63.7. The van der Waals surface area contributed by atoms with Crippen molar-refractivity contribution in [2.24, 2.45) is 5.41 Å². The molecule has 0 aliphatic rings. The van der Waals surface area contributed by atoms with E-state index < -0.39 is 56.5 Å². The zero-order valence-electron chi connectivity index (χ0n) is 31.3. The van der Waals surface area contributed by atoms with Crippen LogP contribution in [0.1, 0.15) is 20.8 Å². The van der Waals surface area contributed by atoms with Crippen molar-refractivity contribution in [1.29, 1.82) is 0 Å². The normalized spacial score (nSPS) is 10.8. The molecule has 1 atom stereocenters. The molecular formula is C33H36Cl3N3O18. The lowest BCUT2D eigenvalue weighted by Gasteiger charge is -2.28. The van der Waals surface area contributed by atoms with E-state index in [9.17, 15) is 44.7 Å². The fourth-order valence-corrected chi connectivity index (χ4v) is 4.63. The Morgan fingerprint density at radius 1 is 0.614 bits per heavy atom. The number of halogens is 3. The van der Waals surface area contributed by atoms with Gasteiger partial charge in [0, 0.05) is 41.8 Å². The van der Waals surface area contributed by atoms with E-state index in [4.69, 9.17) is 73.1 Å². The molecule has 0 fully saturated rings. The number of carbonyl (C=O) groups is 3. The Balaban J connectivity index is 0.000000432. The average molecular weight is 869 g/mol. The summed E-state index contributed by atoms with van der Waals surface area (Å²) in [6.07, 6.45) is -1.03. The maximum atomic E-state index is 11.9. The molecule has 0 aliphatic carbocycles. The average Bonchev–Trinajstić information content (AvgIpc) is 3.15. The summed E-state index contributed by atoms with van der Waals surface area (Å²) >= 11 is 17.4. The zero-order valence-corrected chi connectivity index (χ0v) is 33.6. The minimum absolute atomic E-state index is 0.00593. The zero-order chi connectivity index (χ0) is 43.8. The Labute approximate surface area is 338 Å². The van der Waals surface area contributed by atoms with Crippen LogP contribution in [-0.4, -0.2) is 92.7 Å². The minimum atomic E-state index is -1.24. The Morgan fingerprint density at radius 3 is 1.39 bits per heavy atom. The van der Waals surface area contributed by atoms with Crippen LogP contribution in [0.15, 0.2) is 36.4 Å². The number of benzene rings is 3. The molecule has 1 unspecified atom stereocenters. The van der Waals surface area contributed by atoms with Crippen molar-refractivity contribution in [2.45, 2.75) is 26.9 Å². The van der Waals surface area contributed by atoms with Gasteiger partial charge in [-0.3, -0.25) is 30.3 Å². The van der Waals surface area contributed by atoms with Crippen LogP contribution in [-0.2, 0) is 23.9 Å². The van der Waals surface area contributed by atoms with Crippen molar-refractivity contribution >= 4 is 69.8 Å². The van der Waals surface area contributed by atoms with Crippen molar-refractivity contribution in [2.75, 3.05) is 48.8 Å². The molecule has 0 amide bonds. The number of carboxylic acid groups (broad SMARTS) is 1. The van der Waals surface area contributed by atoms with Gasteiger partial charge in [-0.05, 0) is 0 Å². The van der Waals surface area contributed by atoms with Crippen molar-refractivity contribution in [3.05, 3.63) is 81.8 Å². The molecule has 1 N–H and O–H groups in total. The summed E-state index contributed by atoms with van der Waals surface area (Å²) in [6.45, 7) is 4.23. The fourth-order valence-electron chi connectivity index (χ4n) is 3.95. The van der Waals surface area contributed by atoms with E-state index in [1.165, 1.54) is 53.7 Å².